The van der Waals surface area contributed by atoms with Crippen LogP contribution in [0.5, 0.6) is 0 Å². The van der Waals surface area contributed by atoms with E-state index in [4.69, 9.17) is 12.2 Å². The van der Waals surface area contributed by atoms with Gasteiger partial charge in [0, 0.05) is 29.9 Å². The second kappa shape index (κ2) is 7.96. The molecule has 27 heavy (non-hydrogen) atoms. The first-order valence-electron chi connectivity index (χ1n) is 8.49. The largest absolute Gasteiger partial charge is 0.435 e. The Morgan fingerprint density at radius 3 is 2.63 bits per heavy atom. The lowest BCUT2D eigenvalue weighted by molar-refractivity contribution is -0.141. The van der Waals surface area contributed by atoms with Gasteiger partial charge in [-0.3, -0.25) is 4.68 Å². The number of hydrogen-bond acceptors (Lipinski definition) is 2. The van der Waals surface area contributed by atoms with E-state index in [1.54, 1.807) is 6.92 Å². The highest BCUT2D eigenvalue weighted by atomic mass is 32.1. The van der Waals surface area contributed by atoms with Crippen LogP contribution < -0.4 is 10.6 Å². The van der Waals surface area contributed by atoms with E-state index in [2.05, 4.69) is 15.7 Å². The van der Waals surface area contributed by atoms with Crippen LogP contribution in [0, 0.1) is 6.92 Å². The summed E-state index contributed by atoms with van der Waals surface area (Å²) in [6.07, 6.45) is -3.82. The maximum Gasteiger partial charge on any atom is 0.435 e. The molecule has 0 aliphatic carbocycles. The third kappa shape index (κ3) is 4.77. The first kappa shape index (κ1) is 19.2. The molecule has 1 aromatic heterocycles. The van der Waals surface area contributed by atoms with Crippen molar-refractivity contribution in [3.05, 3.63) is 59.9 Å². The van der Waals surface area contributed by atoms with Gasteiger partial charge < -0.3 is 10.6 Å². The van der Waals surface area contributed by atoms with E-state index < -0.39 is 11.9 Å². The smallest absolute Gasteiger partial charge is 0.362 e. The van der Waals surface area contributed by atoms with Crippen molar-refractivity contribution in [1.82, 2.24) is 15.1 Å². The number of aryl methyl sites for hydroxylation is 2. The summed E-state index contributed by atoms with van der Waals surface area (Å²) in [6.45, 7) is 2.52. The van der Waals surface area contributed by atoms with Crippen molar-refractivity contribution >= 4 is 33.8 Å². The summed E-state index contributed by atoms with van der Waals surface area (Å²) in [7, 11) is 0. The topological polar surface area (TPSA) is 41.9 Å². The van der Waals surface area contributed by atoms with Gasteiger partial charge in [0.15, 0.2) is 10.8 Å². The molecular weight excluding hydrogens is 373 g/mol. The van der Waals surface area contributed by atoms with Crippen molar-refractivity contribution in [3.63, 3.8) is 0 Å². The molecule has 0 radical (unpaired) electrons. The van der Waals surface area contributed by atoms with E-state index in [1.807, 2.05) is 42.5 Å². The van der Waals surface area contributed by atoms with Crippen molar-refractivity contribution < 1.29 is 13.2 Å². The molecule has 2 N–H and O–H groups in total. The van der Waals surface area contributed by atoms with Gasteiger partial charge in [-0.2, -0.15) is 18.3 Å². The van der Waals surface area contributed by atoms with Gasteiger partial charge >= 0.3 is 6.18 Å². The van der Waals surface area contributed by atoms with Gasteiger partial charge in [-0.25, -0.2) is 0 Å². The monoisotopic (exact) mass is 392 g/mol. The molecule has 0 aliphatic rings. The second-order valence-electron chi connectivity index (χ2n) is 6.15. The molecule has 8 heteroatoms. The molecule has 1 heterocycles. The van der Waals surface area contributed by atoms with E-state index in [0.717, 1.165) is 22.5 Å². The van der Waals surface area contributed by atoms with Crippen LogP contribution >= 0.6 is 12.2 Å². The van der Waals surface area contributed by atoms with Crippen molar-refractivity contribution in [1.29, 1.82) is 0 Å². The third-order valence-corrected chi connectivity index (χ3v) is 4.39. The zero-order valence-corrected chi connectivity index (χ0v) is 15.5. The van der Waals surface area contributed by atoms with Crippen molar-refractivity contribution in [2.24, 2.45) is 0 Å². The highest BCUT2D eigenvalue weighted by molar-refractivity contribution is 7.80. The maximum absolute atomic E-state index is 12.7. The number of anilines is 1. The predicted octanol–water partition coefficient (Wildman–Crippen LogP) is 4.74. The highest BCUT2D eigenvalue weighted by Crippen LogP contribution is 2.28. The minimum Gasteiger partial charge on any atom is -0.362 e. The summed E-state index contributed by atoms with van der Waals surface area (Å²) in [5, 5.41) is 12.5. The van der Waals surface area contributed by atoms with Crippen LogP contribution in [0.15, 0.2) is 48.5 Å². The fraction of sp³-hybridized carbons (Fsp3) is 0.263. The summed E-state index contributed by atoms with van der Waals surface area (Å²) < 4.78 is 39.4. The third-order valence-electron chi connectivity index (χ3n) is 4.14. The molecule has 0 atom stereocenters. The Kier molecular flexibility index (Phi) is 5.65. The van der Waals surface area contributed by atoms with Crippen LogP contribution in [-0.2, 0) is 12.7 Å². The Morgan fingerprint density at radius 1 is 1.15 bits per heavy atom. The van der Waals surface area contributed by atoms with E-state index >= 15 is 0 Å². The molecule has 0 unspecified atom stereocenters. The van der Waals surface area contributed by atoms with Gasteiger partial charge in [0.25, 0.3) is 0 Å². The first-order chi connectivity index (χ1) is 12.8. The Hall–Kier alpha value is -2.61. The highest BCUT2D eigenvalue weighted by Gasteiger charge is 2.34. The Morgan fingerprint density at radius 2 is 1.89 bits per heavy atom. The first-order valence-corrected chi connectivity index (χ1v) is 8.90. The Labute approximate surface area is 160 Å². The average Bonchev–Trinajstić information content (AvgIpc) is 3.00. The van der Waals surface area contributed by atoms with Crippen LogP contribution in [0.4, 0.5) is 18.9 Å². The molecule has 0 fully saturated rings. The number of aromatic nitrogens is 2. The number of nitrogens with one attached hydrogen (secondary N) is 2. The van der Waals surface area contributed by atoms with Gasteiger partial charge in [-0.15, -0.1) is 0 Å². The number of benzene rings is 2. The molecule has 0 amide bonds. The summed E-state index contributed by atoms with van der Waals surface area (Å²) >= 11 is 5.31. The van der Waals surface area contributed by atoms with E-state index in [1.165, 1.54) is 4.68 Å². The molecule has 3 aromatic rings. The minimum atomic E-state index is -4.42. The van der Waals surface area contributed by atoms with Crippen LogP contribution in [0.1, 0.15) is 17.8 Å². The van der Waals surface area contributed by atoms with Crippen LogP contribution in [0.2, 0.25) is 0 Å². The zero-order chi connectivity index (χ0) is 19.4. The Balaban J connectivity index is 1.51. The fourth-order valence-corrected chi connectivity index (χ4v) is 3.02. The Bertz CT molecular complexity index is 944. The zero-order valence-electron chi connectivity index (χ0n) is 14.7. The molecule has 0 aliphatic heterocycles. The predicted molar refractivity (Wildman–Crippen MR) is 105 cm³/mol. The van der Waals surface area contributed by atoms with E-state index in [9.17, 15) is 13.2 Å². The summed E-state index contributed by atoms with van der Waals surface area (Å²) in [6, 6.07) is 15.0. The number of fused-ring (bicyclic) bond motifs is 1. The van der Waals surface area contributed by atoms with Crippen molar-refractivity contribution in [2.75, 3.05) is 11.9 Å². The SMILES string of the molecule is Cc1cc(C(F)(F)F)nn1CCCNC(=S)Nc1cccc2ccccc12. The lowest BCUT2D eigenvalue weighted by Crippen LogP contribution is -2.30. The average molecular weight is 392 g/mol. The molecule has 0 saturated carbocycles. The van der Waals surface area contributed by atoms with Gasteiger partial charge in [-0.1, -0.05) is 36.4 Å². The van der Waals surface area contributed by atoms with Crippen LogP contribution in [-0.4, -0.2) is 21.4 Å². The van der Waals surface area contributed by atoms with Gasteiger partial charge in [0.1, 0.15) is 0 Å². The summed E-state index contributed by atoms with van der Waals surface area (Å²) in [5.74, 6) is 0. The lowest BCUT2D eigenvalue weighted by Gasteiger charge is -2.13. The molecule has 0 bridgehead atoms. The van der Waals surface area contributed by atoms with Gasteiger partial charge in [-0.05, 0) is 43.1 Å². The summed E-state index contributed by atoms with van der Waals surface area (Å²) in [5.41, 5.74) is 0.531. The molecule has 3 rings (SSSR count). The van der Waals surface area contributed by atoms with E-state index in [-0.39, 0.29) is 0 Å². The van der Waals surface area contributed by atoms with E-state index in [0.29, 0.717) is 30.3 Å². The fourth-order valence-electron chi connectivity index (χ4n) is 2.81. The van der Waals surface area contributed by atoms with Crippen molar-refractivity contribution in [2.45, 2.75) is 26.1 Å². The number of halogens is 3. The van der Waals surface area contributed by atoms with Gasteiger partial charge in [0.05, 0.1) is 0 Å². The number of nitrogens with zero attached hydrogens (tertiary/aromatic N) is 2. The maximum atomic E-state index is 12.7. The standard InChI is InChI=1S/C19H19F3N4S/c1-13-12-17(19(20,21)22)25-26(13)11-5-10-23-18(27)24-16-9-4-7-14-6-2-3-8-15(14)16/h2-4,6-9,12H,5,10-11H2,1H3,(H2,23,24,27). The number of thiocarbonyl (C=S) groups is 1. The quantitative estimate of drug-likeness (QED) is 0.486. The molecule has 0 spiro atoms. The molecular formula is C19H19F3N4S. The van der Waals surface area contributed by atoms with Crippen LogP contribution in [0.3, 0.4) is 0 Å². The van der Waals surface area contributed by atoms with Crippen molar-refractivity contribution in [3.8, 4) is 0 Å². The normalized spacial score (nSPS) is 11.6. The number of rotatable bonds is 5. The number of hydrogen-bond donors (Lipinski definition) is 2. The summed E-state index contributed by atoms with van der Waals surface area (Å²) in [4.78, 5) is 0. The molecule has 4 nitrogen and oxygen atoms in total. The molecule has 0 saturated heterocycles. The number of alkyl halides is 3. The second-order valence-corrected chi connectivity index (χ2v) is 6.56. The molecule has 142 valence electrons. The van der Waals surface area contributed by atoms with Crippen LogP contribution in [0.25, 0.3) is 10.8 Å². The molecule has 2 aromatic carbocycles. The van der Waals surface area contributed by atoms with Gasteiger partial charge in [0.2, 0.25) is 0 Å². The lowest BCUT2D eigenvalue weighted by atomic mass is 10.1. The minimum absolute atomic E-state index is 0.381.